The van der Waals surface area contributed by atoms with Crippen LogP contribution in [0.15, 0.2) is 30.3 Å². The van der Waals surface area contributed by atoms with E-state index in [0.717, 1.165) is 65.7 Å². The highest BCUT2D eigenvalue weighted by molar-refractivity contribution is 5.98. The van der Waals surface area contributed by atoms with E-state index >= 15 is 0 Å². The van der Waals surface area contributed by atoms with Crippen molar-refractivity contribution in [1.29, 1.82) is 0 Å². The number of fused-ring (bicyclic) bond motifs is 1. The second kappa shape index (κ2) is 9.20. The first-order valence-corrected chi connectivity index (χ1v) is 11.2. The molecule has 3 aromatic rings. The van der Waals surface area contributed by atoms with E-state index in [4.69, 9.17) is 14.7 Å². The largest absolute Gasteiger partial charge is 0.465 e. The first kappa shape index (κ1) is 22.1. The van der Waals surface area contributed by atoms with Gasteiger partial charge in [0.25, 0.3) is 0 Å². The third-order valence-corrected chi connectivity index (χ3v) is 6.06. The van der Waals surface area contributed by atoms with E-state index < -0.39 is 0 Å². The standard InChI is InChI=1S/C25H31N5O2/c1-16(2)24-26-17(3)14-22(28-24)30-12-10-29(11-13-30)15-21-23(25(31)32-5)18(4)19-8-6-7-9-20(19)27-21/h6-9,14,16H,10-13,15H2,1-5H3. The van der Waals surface area contributed by atoms with Gasteiger partial charge >= 0.3 is 5.97 Å². The fourth-order valence-electron chi connectivity index (χ4n) is 4.27. The number of carbonyl (C=O) groups excluding carboxylic acids is 1. The smallest absolute Gasteiger partial charge is 0.340 e. The van der Waals surface area contributed by atoms with Crippen LogP contribution in [0.2, 0.25) is 0 Å². The van der Waals surface area contributed by atoms with E-state index in [2.05, 4.69) is 34.7 Å². The van der Waals surface area contributed by atoms with Crippen molar-refractivity contribution in [2.75, 3.05) is 38.2 Å². The number of anilines is 1. The summed E-state index contributed by atoms with van der Waals surface area (Å²) in [5, 5.41) is 0.988. The number of hydrogen-bond acceptors (Lipinski definition) is 7. The minimum absolute atomic E-state index is 0.300. The zero-order valence-corrected chi connectivity index (χ0v) is 19.6. The Morgan fingerprint density at radius 1 is 1.06 bits per heavy atom. The minimum Gasteiger partial charge on any atom is -0.465 e. The van der Waals surface area contributed by atoms with Crippen molar-refractivity contribution < 1.29 is 9.53 Å². The van der Waals surface area contributed by atoms with E-state index in [1.165, 1.54) is 7.11 Å². The second-order valence-corrected chi connectivity index (χ2v) is 8.71. The normalized spacial score (nSPS) is 14.9. The molecule has 1 aromatic carbocycles. The maximum Gasteiger partial charge on any atom is 0.340 e. The first-order chi connectivity index (χ1) is 15.4. The molecule has 32 heavy (non-hydrogen) atoms. The molecular weight excluding hydrogens is 402 g/mol. The Bertz CT molecular complexity index is 1140. The van der Waals surface area contributed by atoms with Gasteiger partial charge in [-0.15, -0.1) is 0 Å². The molecule has 0 spiro atoms. The maximum absolute atomic E-state index is 12.6. The van der Waals surface area contributed by atoms with E-state index in [0.29, 0.717) is 18.0 Å². The lowest BCUT2D eigenvalue weighted by Gasteiger charge is -2.35. The molecule has 3 heterocycles. The van der Waals surface area contributed by atoms with Crippen LogP contribution in [0, 0.1) is 13.8 Å². The maximum atomic E-state index is 12.6. The Labute approximate surface area is 189 Å². The summed E-state index contributed by atoms with van der Waals surface area (Å²) in [6.07, 6.45) is 0. The van der Waals surface area contributed by atoms with Crippen LogP contribution in [0.1, 0.15) is 52.9 Å². The summed E-state index contributed by atoms with van der Waals surface area (Å²) in [7, 11) is 1.43. The van der Waals surface area contributed by atoms with Gasteiger partial charge in [-0.1, -0.05) is 32.0 Å². The van der Waals surface area contributed by atoms with Gasteiger partial charge in [0, 0.05) is 55.8 Å². The lowest BCUT2D eigenvalue weighted by molar-refractivity contribution is 0.0596. The molecule has 168 valence electrons. The average molecular weight is 434 g/mol. The van der Waals surface area contributed by atoms with Crippen molar-refractivity contribution in [3.05, 3.63) is 58.7 Å². The number of rotatable bonds is 5. The molecule has 0 amide bonds. The van der Waals surface area contributed by atoms with Gasteiger partial charge in [0.05, 0.1) is 23.9 Å². The fraction of sp³-hybridized carbons (Fsp3) is 0.440. The highest BCUT2D eigenvalue weighted by atomic mass is 16.5. The molecule has 1 aliphatic rings. The molecule has 1 aliphatic heterocycles. The van der Waals surface area contributed by atoms with Gasteiger partial charge in [-0.05, 0) is 25.5 Å². The van der Waals surface area contributed by atoms with Gasteiger partial charge in [-0.25, -0.2) is 14.8 Å². The van der Waals surface area contributed by atoms with Crippen molar-refractivity contribution in [3.63, 3.8) is 0 Å². The number of benzene rings is 1. The van der Waals surface area contributed by atoms with Crippen LogP contribution >= 0.6 is 0 Å². The summed E-state index contributed by atoms with van der Waals surface area (Å²) in [6, 6.07) is 10.0. The number of nitrogens with zero attached hydrogens (tertiary/aromatic N) is 5. The van der Waals surface area contributed by atoms with Crippen LogP contribution < -0.4 is 4.90 Å². The van der Waals surface area contributed by atoms with E-state index in [9.17, 15) is 4.79 Å². The molecular formula is C25H31N5O2. The summed E-state index contributed by atoms with van der Waals surface area (Å²) in [5.41, 5.74) is 4.19. The Balaban J connectivity index is 1.54. The molecule has 4 rings (SSSR count). The van der Waals surface area contributed by atoms with Gasteiger partial charge in [-0.2, -0.15) is 0 Å². The average Bonchev–Trinajstić information content (AvgIpc) is 2.79. The fourth-order valence-corrected chi connectivity index (χ4v) is 4.27. The highest BCUT2D eigenvalue weighted by Gasteiger charge is 2.24. The van der Waals surface area contributed by atoms with Crippen LogP contribution in [0.5, 0.6) is 0 Å². The number of ether oxygens (including phenoxy) is 1. The van der Waals surface area contributed by atoms with Gasteiger partial charge in [0.15, 0.2) is 0 Å². The van der Waals surface area contributed by atoms with Crippen molar-refractivity contribution in [2.45, 2.75) is 40.2 Å². The van der Waals surface area contributed by atoms with E-state index in [1.54, 1.807) is 0 Å². The summed E-state index contributed by atoms with van der Waals surface area (Å²) in [6.45, 7) is 12.3. The van der Waals surface area contributed by atoms with Crippen LogP contribution in [0.3, 0.4) is 0 Å². The number of piperazine rings is 1. The van der Waals surface area contributed by atoms with E-state index in [-0.39, 0.29) is 5.97 Å². The number of hydrogen-bond donors (Lipinski definition) is 0. The topological polar surface area (TPSA) is 71.5 Å². The lowest BCUT2D eigenvalue weighted by atomic mass is 10.0. The second-order valence-electron chi connectivity index (χ2n) is 8.71. The number of pyridine rings is 1. The Hall–Kier alpha value is -3.06. The molecule has 0 radical (unpaired) electrons. The predicted octanol–water partition coefficient (Wildman–Crippen LogP) is 3.87. The van der Waals surface area contributed by atoms with Crippen LogP contribution in [0.4, 0.5) is 5.82 Å². The number of carbonyl (C=O) groups is 1. The lowest BCUT2D eigenvalue weighted by Crippen LogP contribution is -2.46. The molecule has 0 saturated carbocycles. The molecule has 1 fully saturated rings. The quantitative estimate of drug-likeness (QED) is 0.566. The van der Waals surface area contributed by atoms with Crippen LogP contribution in [-0.2, 0) is 11.3 Å². The Morgan fingerprint density at radius 2 is 1.78 bits per heavy atom. The van der Waals surface area contributed by atoms with Crippen LogP contribution in [-0.4, -0.2) is 59.1 Å². The predicted molar refractivity (Wildman–Crippen MR) is 126 cm³/mol. The SMILES string of the molecule is COC(=O)c1c(CN2CCN(c3cc(C)nc(C(C)C)n3)CC2)nc2ccccc2c1C. The Kier molecular flexibility index (Phi) is 6.37. The minimum atomic E-state index is -0.327. The van der Waals surface area contributed by atoms with Gasteiger partial charge in [0.1, 0.15) is 11.6 Å². The summed E-state index contributed by atoms with van der Waals surface area (Å²) in [5.74, 6) is 1.86. The molecule has 7 nitrogen and oxygen atoms in total. The van der Waals surface area contributed by atoms with Gasteiger partial charge < -0.3 is 9.64 Å². The van der Waals surface area contributed by atoms with Crippen molar-refractivity contribution in [2.24, 2.45) is 0 Å². The van der Waals surface area contributed by atoms with Crippen molar-refractivity contribution in [3.8, 4) is 0 Å². The number of methoxy groups -OCH3 is 1. The molecule has 2 aromatic heterocycles. The van der Waals surface area contributed by atoms with Crippen LogP contribution in [0.25, 0.3) is 10.9 Å². The van der Waals surface area contributed by atoms with Crippen molar-refractivity contribution in [1.82, 2.24) is 19.9 Å². The van der Waals surface area contributed by atoms with Gasteiger partial charge in [-0.3, -0.25) is 9.88 Å². The Morgan fingerprint density at radius 3 is 2.47 bits per heavy atom. The summed E-state index contributed by atoms with van der Waals surface area (Å²) >= 11 is 0. The summed E-state index contributed by atoms with van der Waals surface area (Å²) < 4.78 is 5.09. The molecule has 0 aliphatic carbocycles. The number of aryl methyl sites for hydroxylation is 2. The van der Waals surface area contributed by atoms with Gasteiger partial charge in [0.2, 0.25) is 0 Å². The zero-order valence-electron chi connectivity index (χ0n) is 19.6. The third kappa shape index (κ3) is 4.43. The molecule has 7 heteroatoms. The highest BCUT2D eigenvalue weighted by Crippen LogP contribution is 2.25. The third-order valence-electron chi connectivity index (χ3n) is 6.06. The van der Waals surface area contributed by atoms with Crippen molar-refractivity contribution >= 4 is 22.7 Å². The number of para-hydroxylation sites is 1. The molecule has 0 N–H and O–H groups in total. The molecule has 1 saturated heterocycles. The number of esters is 1. The summed E-state index contributed by atoms with van der Waals surface area (Å²) in [4.78, 5) is 31.4. The zero-order chi connectivity index (χ0) is 22.8. The molecule has 0 unspecified atom stereocenters. The first-order valence-electron chi connectivity index (χ1n) is 11.2. The van der Waals surface area contributed by atoms with E-state index in [1.807, 2.05) is 38.1 Å². The number of aromatic nitrogens is 3. The molecule has 0 bridgehead atoms. The monoisotopic (exact) mass is 433 g/mol. The molecule has 0 atom stereocenters.